The highest BCUT2D eigenvalue weighted by Crippen LogP contribution is 2.45. The highest BCUT2D eigenvalue weighted by molar-refractivity contribution is 6.00. The number of carbonyl (C=O) groups is 2. The maximum Gasteiger partial charge on any atom is 0.274 e. The summed E-state index contributed by atoms with van der Waals surface area (Å²) >= 11 is 0. The number of nitrogens with one attached hydrogen (secondary N) is 1. The molecule has 0 saturated heterocycles. The number of aliphatic hydroxyl groups excluding tert-OH is 1. The molecule has 2 N–H and O–H groups in total. The molecule has 0 saturated carbocycles. The van der Waals surface area contributed by atoms with Crippen LogP contribution >= 0.6 is 0 Å². The van der Waals surface area contributed by atoms with E-state index in [1.54, 1.807) is 7.05 Å². The Morgan fingerprint density at radius 2 is 2.06 bits per heavy atom. The standard InChI is InChI=1S/C21H21F2N3O5/c1-21-7-13(27)15-14(19(29)24-8-10-4-5-11(22)6-12(10)23)17(28)18(31-3)16(26(15)21)20(30)25(2)9-21/h4-6,13,27H,7-9H2,1-3H3,(H,24,29). The summed E-state index contributed by atoms with van der Waals surface area (Å²) in [5.74, 6) is -3.20. The highest BCUT2D eigenvalue weighted by Gasteiger charge is 2.50. The Bertz CT molecular complexity index is 1180. The van der Waals surface area contributed by atoms with Crippen LogP contribution in [0.5, 0.6) is 5.75 Å². The molecule has 10 heteroatoms. The first-order valence-corrected chi connectivity index (χ1v) is 9.62. The molecule has 164 valence electrons. The van der Waals surface area contributed by atoms with Gasteiger partial charge in [0, 0.05) is 38.2 Å². The molecule has 4 rings (SSSR count). The number of hydrogen-bond donors (Lipinski definition) is 2. The van der Waals surface area contributed by atoms with Gasteiger partial charge in [0.2, 0.25) is 5.43 Å². The lowest BCUT2D eigenvalue weighted by Gasteiger charge is -2.39. The number of likely N-dealkylation sites (N-methyl/N-ethyl adjacent to an activating group) is 1. The molecule has 8 nitrogen and oxygen atoms in total. The third-order valence-corrected chi connectivity index (χ3v) is 5.87. The summed E-state index contributed by atoms with van der Waals surface area (Å²) in [5, 5.41) is 13.2. The Morgan fingerprint density at radius 3 is 2.71 bits per heavy atom. The van der Waals surface area contributed by atoms with E-state index in [0.717, 1.165) is 6.07 Å². The number of hydrogen-bond acceptors (Lipinski definition) is 5. The van der Waals surface area contributed by atoms with Gasteiger partial charge in [-0.2, -0.15) is 0 Å². The number of ether oxygens (including phenoxy) is 1. The van der Waals surface area contributed by atoms with E-state index in [0.29, 0.717) is 6.07 Å². The van der Waals surface area contributed by atoms with Crippen LogP contribution in [0, 0.1) is 11.6 Å². The van der Waals surface area contributed by atoms with E-state index in [1.165, 1.54) is 22.6 Å². The summed E-state index contributed by atoms with van der Waals surface area (Å²) < 4.78 is 33.8. The molecule has 0 bridgehead atoms. The third-order valence-electron chi connectivity index (χ3n) is 5.87. The minimum absolute atomic E-state index is 0.0172. The second-order valence-corrected chi connectivity index (χ2v) is 8.10. The van der Waals surface area contributed by atoms with Crippen molar-refractivity contribution in [1.29, 1.82) is 0 Å². The fraction of sp³-hybridized carbons (Fsp3) is 0.381. The molecule has 1 aromatic heterocycles. The molecule has 2 unspecified atom stereocenters. The maximum absolute atomic E-state index is 13.9. The first kappa shape index (κ1) is 21.0. The number of amides is 2. The summed E-state index contributed by atoms with van der Waals surface area (Å²) in [6, 6.07) is 2.93. The summed E-state index contributed by atoms with van der Waals surface area (Å²) in [5.41, 5.74) is -1.91. The molecule has 0 fully saturated rings. The molecular weight excluding hydrogens is 412 g/mol. The van der Waals surface area contributed by atoms with Gasteiger partial charge in [-0.05, 0) is 13.0 Å². The van der Waals surface area contributed by atoms with Crippen molar-refractivity contribution in [3.8, 4) is 5.75 Å². The van der Waals surface area contributed by atoms with Gasteiger partial charge in [0.15, 0.2) is 11.4 Å². The minimum Gasteiger partial charge on any atom is -0.491 e. The van der Waals surface area contributed by atoms with Gasteiger partial charge in [-0.15, -0.1) is 0 Å². The Kier molecular flexibility index (Phi) is 4.84. The largest absolute Gasteiger partial charge is 0.491 e. The summed E-state index contributed by atoms with van der Waals surface area (Å²) in [7, 11) is 2.81. The number of carbonyl (C=O) groups excluding carboxylic acids is 2. The van der Waals surface area contributed by atoms with Crippen LogP contribution in [0.4, 0.5) is 8.78 Å². The topological polar surface area (TPSA) is 101 Å². The van der Waals surface area contributed by atoms with Crippen LogP contribution in [0.2, 0.25) is 0 Å². The van der Waals surface area contributed by atoms with Crippen LogP contribution in [-0.4, -0.2) is 47.1 Å². The first-order valence-electron chi connectivity index (χ1n) is 9.62. The van der Waals surface area contributed by atoms with E-state index in [9.17, 15) is 28.3 Å². The summed E-state index contributed by atoms with van der Waals surface area (Å²) in [6.07, 6.45) is -0.971. The number of aromatic nitrogens is 1. The van der Waals surface area contributed by atoms with Gasteiger partial charge in [0.05, 0.1) is 24.4 Å². The predicted octanol–water partition coefficient (Wildman–Crippen LogP) is 1.30. The number of halogens is 2. The molecule has 2 aliphatic rings. The van der Waals surface area contributed by atoms with E-state index in [-0.39, 0.29) is 47.8 Å². The van der Waals surface area contributed by atoms with Crippen LogP contribution in [0.3, 0.4) is 0 Å². The molecule has 2 atom stereocenters. The van der Waals surface area contributed by atoms with E-state index in [2.05, 4.69) is 5.32 Å². The van der Waals surface area contributed by atoms with Crippen molar-refractivity contribution in [3.05, 3.63) is 62.6 Å². The normalized spacial score (nSPS) is 21.8. The van der Waals surface area contributed by atoms with Gasteiger partial charge in [-0.25, -0.2) is 8.78 Å². The van der Waals surface area contributed by atoms with Crippen LogP contribution in [0.25, 0.3) is 0 Å². The molecule has 31 heavy (non-hydrogen) atoms. The molecule has 0 spiro atoms. The van der Waals surface area contributed by atoms with Gasteiger partial charge in [0.25, 0.3) is 11.8 Å². The van der Waals surface area contributed by atoms with Crippen LogP contribution in [0.1, 0.15) is 51.6 Å². The van der Waals surface area contributed by atoms with E-state index in [1.807, 2.05) is 6.92 Å². The van der Waals surface area contributed by atoms with Crippen molar-refractivity contribution < 1.29 is 28.2 Å². The zero-order valence-electron chi connectivity index (χ0n) is 17.2. The number of nitrogens with zero attached hydrogens (tertiary/aromatic N) is 2. The van der Waals surface area contributed by atoms with E-state index < -0.39 is 40.5 Å². The van der Waals surface area contributed by atoms with Gasteiger partial charge in [-0.3, -0.25) is 14.4 Å². The summed E-state index contributed by atoms with van der Waals surface area (Å²) in [4.78, 5) is 40.4. The van der Waals surface area contributed by atoms with Gasteiger partial charge in [0.1, 0.15) is 17.2 Å². The first-order chi connectivity index (χ1) is 14.6. The Labute approximate surface area is 176 Å². The summed E-state index contributed by atoms with van der Waals surface area (Å²) in [6.45, 7) is 1.79. The van der Waals surface area contributed by atoms with Gasteiger partial charge < -0.3 is 24.6 Å². The minimum atomic E-state index is -1.16. The SMILES string of the molecule is COc1c2n3c(c(C(=O)NCc4ccc(F)cc4F)c1=O)C(O)CC3(C)CN(C)C2=O. The van der Waals surface area contributed by atoms with E-state index >= 15 is 0 Å². The quantitative estimate of drug-likeness (QED) is 0.757. The molecule has 1 aromatic carbocycles. The number of methoxy groups -OCH3 is 1. The maximum atomic E-state index is 13.9. The molecule has 2 aliphatic heterocycles. The highest BCUT2D eigenvalue weighted by atomic mass is 19.1. The molecule has 2 aromatic rings. The number of aliphatic hydroxyl groups is 1. The number of benzene rings is 1. The lowest BCUT2D eigenvalue weighted by molar-refractivity contribution is 0.0607. The Balaban J connectivity index is 1.83. The smallest absolute Gasteiger partial charge is 0.274 e. The monoisotopic (exact) mass is 433 g/mol. The molecule has 0 radical (unpaired) electrons. The number of rotatable bonds is 4. The van der Waals surface area contributed by atoms with Crippen molar-refractivity contribution in [1.82, 2.24) is 14.8 Å². The molecule has 0 aliphatic carbocycles. The fourth-order valence-electron chi connectivity index (χ4n) is 4.58. The Morgan fingerprint density at radius 1 is 1.35 bits per heavy atom. The van der Waals surface area contributed by atoms with Crippen molar-refractivity contribution >= 4 is 11.8 Å². The van der Waals surface area contributed by atoms with Gasteiger partial charge in [-0.1, -0.05) is 6.07 Å². The van der Waals surface area contributed by atoms with E-state index in [4.69, 9.17) is 4.74 Å². The fourth-order valence-corrected chi connectivity index (χ4v) is 4.58. The van der Waals surface area contributed by atoms with Crippen molar-refractivity contribution in [2.75, 3.05) is 20.7 Å². The van der Waals surface area contributed by atoms with Crippen molar-refractivity contribution in [3.63, 3.8) is 0 Å². The van der Waals surface area contributed by atoms with Crippen LogP contribution in [0.15, 0.2) is 23.0 Å². The molecule has 2 amide bonds. The lowest BCUT2D eigenvalue weighted by Crippen LogP contribution is -2.51. The zero-order valence-corrected chi connectivity index (χ0v) is 17.2. The average molecular weight is 433 g/mol. The van der Waals surface area contributed by atoms with Crippen LogP contribution < -0.4 is 15.5 Å². The third kappa shape index (κ3) is 3.09. The van der Waals surface area contributed by atoms with Crippen molar-refractivity contribution in [2.45, 2.75) is 31.5 Å². The van der Waals surface area contributed by atoms with Crippen molar-refractivity contribution in [2.24, 2.45) is 0 Å². The van der Waals surface area contributed by atoms with Gasteiger partial charge >= 0.3 is 0 Å². The zero-order chi connectivity index (χ0) is 22.7. The Hall–Kier alpha value is -3.27. The average Bonchev–Trinajstić information content (AvgIpc) is 2.95. The van der Waals surface area contributed by atoms with Crippen LogP contribution in [-0.2, 0) is 12.1 Å². The number of pyridine rings is 1. The molecular formula is C21H21F2N3O5. The molecule has 3 heterocycles. The predicted molar refractivity (Wildman–Crippen MR) is 105 cm³/mol. The second-order valence-electron chi connectivity index (χ2n) is 8.10. The second kappa shape index (κ2) is 7.16. The lowest BCUT2D eigenvalue weighted by atomic mass is 9.95.